The third-order valence-corrected chi connectivity index (χ3v) is 1.95. The van der Waals surface area contributed by atoms with E-state index in [-0.39, 0.29) is 0 Å². The van der Waals surface area contributed by atoms with Crippen molar-refractivity contribution in [2.24, 2.45) is 0 Å². The van der Waals surface area contributed by atoms with E-state index in [0.717, 1.165) is 19.5 Å². The summed E-state index contributed by atoms with van der Waals surface area (Å²) in [5, 5.41) is 3.25. The molecule has 0 spiro atoms. The lowest BCUT2D eigenvalue weighted by Crippen LogP contribution is -2.16. The second kappa shape index (κ2) is 7.84. The van der Waals surface area contributed by atoms with Gasteiger partial charge in [-0.25, -0.2) is 0 Å². The zero-order chi connectivity index (χ0) is 8.53. The Morgan fingerprint density at radius 2 is 2.36 bits per heavy atom. The second-order valence-corrected chi connectivity index (χ2v) is 3.11. The van der Waals surface area contributed by atoms with E-state index in [4.69, 9.17) is 0 Å². The van der Waals surface area contributed by atoms with Gasteiger partial charge in [0, 0.05) is 24.0 Å². The lowest BCUT2D eigenvalue weighted by atomic mass is 10.4. The van der Waals surface area contributed by atoms with Crippen LogP contribution in [0.2, 0.25) is 0 Å². The van der Waals surface area contributed by atoms with E-state index >= 15 is 0 Å². The molecule has 62 valence electrons. The minimum atomic E-state index is 0.905. The van der Waals surface area contributed by atoms with Gasteiger partial charge < -0.3 is 5.32 Å². The predicted molar refractivity (Wildman–Crippen MR) is 53.6 cm³/mol. The topological polar surface area (TPSA) is 12.0 Å². The Kier molecular flexibility index (Phi) is 7.66. The average Bonchev–Trinajstić information content (AvgIpc) is 2.04. The zero-order valence-electron chi connectivity index (χ0n) is 7.08. The van der Waals surface area contributed by atoms with Crippen LogP contribution in [0.5, 0.6) is 0 Å². The fourth-order valence-electron chi connectivity index (χ4n) is 0.586. The van der Waals surface area contributed by atoms with Crippen LogP contribution in [0.25, 0.3) is 0 Å². The number of allylic oxidation sites excluding steroid dienone is 1. The Morgan fingerprint density at radius 1 is 1.64 bits per heavy atom. The summed E-state index contributed by atoms with van der Waals surface area (Å²) in [6, 6.07) is 0. The molecule has 0 saturated heterocycles. The first-order valence-electron chi connectivity index (χ1n) is 3.72. The summed E-state index contributed by atoms with van der Waals surface area (Å²) >= 11 is 3.41. The lowest BCUT2D eigenvalue weighted by molar-refractivity contribution is 0.761. The van der Waals surface area contributed by atoms with Gasteiger partial charge in [-0.2, -0.15) is 0 Å². The van der Waals surface area contributed by atoms with Gasteiger partial charge in [0.15, 0.2) is 0 Å². The van der Waals surface area contributed by atoms with Gasteiger partial charge in [0.05, 0.1) is 0 Å². The molecular formula is C9H14BrN. The van der Waals surface area contributed by atoms with Gasteiger partial charge in [-0.3, -0.25) is 0 Å². The Bertz CT molecular complexity index is 174. The van der Waals surface area contributed by atoms with Gasteiger partial charge >= 0.3 is 0 Å². The third-order valence-electron chi connectivity index (χ3n) is 1.21. The maximum absolute atomic E-state index is 3.41. The first kappa shape index (κ1) is 10.7. The first-order valence-corrected chi connectivity index (χ1v) is 4.51. The maximum Gasteiger partial charge on any atom is 0.0268 e. The SMILES string of the molecule is CC#CCCNC/C(Br)=C\C. The van der Waals surface area contributed by atoms with Crippen molar-refractivity contribution >= 4 is 15.9 Å². The van der Waals surface area contributed by atoms with Gasteiger partial charge in [-0.05, 0) is 13.8 Å². The van der Waals surface area contributed by atoms with Crippen LogP contribution in [0.1, 0.15) is 20.3 Å². The molecule has 0 aromatic carbocycles. The molecule has 0 amide bonds. The summed E-state index contributed by atoms with van der Waals surface area (Å²) < 4.78 is 1.20. The molecule has 1 nitrogen and oxygen atoms in total. The van der Waals surface area contributed by atoms with Crippen LogP contribution in [-0.2, 0) is 0 Å². The molecule has 0 rings (SSSR count). The van der Waals surface area contributed by atoms with Crippen LogP contribution in [0, 0.1) is 11.8 Å². The van der Waals surface area contributed by atoms with Crippen molar-refractivity contribution in [3.05, 3.63) is 10.6 Å². The van der Waals surface area contributed by atoms with E-state index in [1.54, 1.807) is 0 Å². The standard InChI is InChI=1S/C9H14BrN/c1-3-5-6-7-11-8-9(10)4-2/h4,11H,6-8H2,1-2H3/b9-4+. The van der Waals surface area contributed by atoms with Crippen molar-refractivity contribution < 1.29 is 0 Å². The Hall–Kier alpha value is -0.260. The molecule has 0 fully saturated rings. The van der Waals surface area contributed by atoms with Crippen molar-refractivity contribution in [3.63, 3.8) is 0 Å². The molecule has 0 aliphatic carbocycles. The van der Waals surface area contributed by atoms with E-state index in [2.05, 4.69) is 33.1 Å². The Labute approximate surface area is 77.4 Å². The van der Waals surface area contributed by atoms with Gasteiger partial charge in [-0.1, -0.05) is 22.0 Å². The van der Waals surface area contributed by atoms with Crippen molar-refractivity contribution in [2.45, 2.75) is 20.3 Å². The molecule has 1 N–H and O–H groups in total. The fourth-order valence-corrected chi connectivity index (χ4v) is 0.784. The van der Waals surface area contributed by atoms with Crippen molar-refractivity contribution in [1.82, 2.24) is 5.32 Å². The Balaban J connectivity index is 3.19. The number of halogens is 1. The summed E-state index contributed by atoms with van der Waals surface area (Å²) in [6.45, 7) is 5.74. The molecule has 11 heavy (non-hydrogen) atoms. The highest BCUT2D eigenvalue weighted by atomic mass is 79.9. The highest BCUT2D eigenvalue weighted by Gasteiger charge is 1.87. The molecule has 0 bridgehead atoms. The molecule has 0 aliphatic rings. The van der Waals surface area contributed by atoms with Gasteiger partial charge in [0.1, 0.15) is 0 Å². The van der Waals surface area contributed by atoms with Crippen LogP contribution in [0.15, 0.2) is 10.6 Å². The van der Waals surface area contributed by atoms with Crippen LogP contribution < -0.4 is 5.32 Å². The second-order valence-electron chi connectivity index (χ2n) is 2.09. The molecule has 0 atom stereocenters. The van der Waals surface area contributed by atoms with Crippen molar-refractivity contribution in [2.75, 3.05) is 13.1 Å². The lowest BCUT2D eigenvalue weighted by Gasteiger charge is -1.99. The normalized spacial score (nSPS) is 10.6. The molecule has 0 heterocycles. The highest BCUT2D eigenvalue weighted by Crippen LogP contribution is 2.00. The first-order chi connectivity index (χ1) is 5.31. The minimum absolute atomic E-state index is 0.905. The van der Waals surface area contributed by atoms with E-state index in [1.165, 1.54) is 4.48 Å². The highest BCUT2D eigenvalue weighted by molar-refractivity contribution is 9.11. The largest absolute Gasteiger partial charge is 0.311 e. The van der Waals surface area contributed by atoms with Crippen LogP contribution >= 0.6 is 15.9 Å². The number of nitrogens with one attached hydrogen (secondary N) is 1. The summed E-state index contributed by atoms with van der Waals surface area (Å²) in [5.41, 5.74) is 0. The molecule has 0 aromatic heterocycles. The summed E-state index contributed by atoms with van der Waals surface area (Å²) in [7, 11) is 0. The zero-order valence-corrected chi connectivity index (χ0v) is 8.66. The Morgan fingerprint density at radius 3 is 2.91 bits per heavy atom. The maximum atomic E-state index is 3.41. The van der Waals surface area contributed by atoms with Gasteiger partial charge in [0.25, 0.3) is 0 Å². The number of hydrogen-bond acceptors (Lipinski definition) is 1. The smallest absolute Gasteiger partial charge is 0.0268 e. The number of hydrogen-bond donors (Lipinski definition) is 1. The van der Waals surface area contributed by atoms with E-state index in [0.29, 0.717) is 0 Å². The fraction of sp³-hybridized carbons (Fsp3) is 0.556. The molecule has 0 aliphatic heterocycles. The van der Waals surface area contributed by atoms with E-state index in [1.807, 2.05) is 19.9 Å². The summed E-state index contributed by atoms with van der Waals surface area (Å²) in [5.74, 6) is 5.85. The minimum Gasteiger partial charge on any atom is -0.311 e. The number of rotatable bonds is 4. The van der Waals surface area contributed by atoms with Crippen LogP contribution in [0.3, 0.4) is 0 Å². The van der Waals surface area contributed by atoms with Crippen molar-refractivity contribution in [1.29, 1.82) is 0 Å². The monoisotopic (exact) mass is 215 g/mol. The molecule has 2 heteroatoms. The quantitative estimate of drug-likeness (QED) is 0.561. The summed E-state index contributed by atoms with van der Waals surface area (Å²) in [6.07, 6.45) is 2.97. The third kappa shape index (κ3) is 7.64. The van der Waals surface area contributed by atoms with E-state index < -0.39 is 0 Å². The molecule has 0 aromatic rings. The van der Waals surface area contributed by atoms with Gasteiger partial charge in [-0.15, -0.1) is 11.8 Å². The van der Waals surface area contributed by atoms with Gasteiger partial charge in [0.2, 0.25) is 0 Å². The molecule has 0 unspecified atom stereocenters. The predicted octanol–water partition coefficient (Wildman–Crippen LogP) is 2.29. The van der Waals surface area contributed by atoms with Crippen LogP contribution in [0.4, 0.5) is 0 Å². The van der Waals surface area contributed by atoms with E-state index in [9.17, 15) is 0 Å². The molecule has 0 saturated carbocycles. The summed E-state index contributed by atoms with van der Waals surface area (Å²) in [4.78, 5) is 0. The van der Waals surface area contributed by atoms with Crippen LogP contribution in [-0.4, -0.2) is 13.1 Å². The molecule has 0 radical (unpaired) electrons. The molecular weight excluding hydrogens is 202 g/mol. The van der Waals surface area contributed by atoms with Crippen molar-refractivity contribution in [3.8, 4) is 11.8 Å². The average molecular weight is 216 g/mol.